The van der Waals surface area contributed by atoms with Gasteiger partial charge in [0.05, 0.1) is 12.0 Å². The number of ether oxygens (including phenoxy) is 1. The fraction of sp³-hybridized carbons (Fsp3) is 0.250. The molecule has 0 unspecified atom stereocenters. The first-order valence-corrected chi connectivity index (χ1v) is 5.05. The van der Waals surface area contributed by atoms with Gasteiger partial charge >= 0.3 is 0 Å². The zero-order valence-electron chi connectivity index (χ0n) is 8.62. The van der Waals surface area contributed by atoms with Crippen molar-refractivity contribution in [3.05, 3.63) is 30.0 Å². The zero-order chi connectivity index (χ0) is 10.7. The molecule has 0 radical (unpaired) electrons. The predicted molar refractivity (Wildman–Crippen MR) is 59.5 cm³/mol. The molecule has 0 spiro atoms. The largest absolute Gasteiger partial charge is 0.493 e. The molecule has 1 aromatic heterocycles. The number of nitrogens with one attached hydrogen (secondary N) is 1. The number of H-pyrrole nitrogens is 1. The molecule has 2 rings (SSSR count). The molecule has 3 heteroatoms. The smallest absolute Gasteiger partial charge is 0.152 e. The van der Waals surface area contributed by atoms with E-state index in [1.165, 1.54) is 0 Å². The first-order chi connectivity index (χ1) is 7.36. The van der Waals surface area contributed by atoms with Crippen molar-refractivity contribution in [1.29, 1.82) is 0 Å². The van der Waals surface area contributed by atoms with Crippen LogP contribution in [0.25, 0.3) is 10.9 Å². The van der Waals surface area contributed by atoms with Crippen LogP contribution in [0.2, 0.25) is 0 Å². The van der Waals surface area contributed by atoms with E-state index in [1.54, 1.807) is 6.20 Å². The van der Waals surface area contributed by atoms with Crippen molar-refractivity contribution in [2.45, 2.75) is 13.3 Å². The number of hydrogen-bond donors (Lipinski definition) is 1. The second-order valence-electron chi connectivity index (χ2n) is 3.39. The third-order valence-electron chi connectivity index (χ3n) is 2.29. The van der Waals surface area contributed by atoms with Crippen LogP contribution in [0.3, 0.4) is 0 Å². The Labute approximate surface area is 88.1 Å². The van der Waals surface area contributed by atoms with Gasteiger partial charge in [-0.05, 0) is 18.6 Å². The average molecular weight is 203 g/mol. The van der Waals surface area contributed by atoms with Gasteiger partial charge in [0.1, 0.15) is 5.75 Å². The highest BCUT2D eigenvalue weighted by molar-refractivity contribution is 6.00. The molecule has 2 aromatic rings. The second kappa shape index (κ2) is 4.17. The van der Waals surface area contributed by atoms with Crippen LogP contribution in [0.4, 0.5) is 0 Å². The van der Waals surface area contributed by atoms with Gasteiger partial charge in [0.15, 0.2) is 6.29 Å². The molecule has 1 aromatic carbocycles. The number of fused-ring (bicyclic) bond motifs is 1. The summed E-state index contributed by atoms with van der Waals surface area (Å²) in [7, 11) is 0. The highest BCUT2D eigenvalue weighted by atomic mass is 16.5. The Bertz CT molecular complexity index is 473. The summed E-state index contributed by atoms with van der Waals surface area (Å²) in [5.41, 5.74) is 1.59. The highest BCUT2D eigenvalue weighted by Gasteiger charge is 2.08. The van der Waals surface area contributed by atoms with Crippen molar-refractivity contribution in [2.24, 2.45) is 0 Å². The Hall–Kier alpha value is -1.77. The minimum absolute atomic E-state index is 0.650. The lowest BCUT2D eigenvalue weighted by atomic mass is 10.2. The third-order valence-corrected chi connectivity index (χ3v) is 2.29. The van der Waals surface area contributed by atoms with Crippen molar-refractivity contribution in [3.63, 3.8) is 0 Å². The Kier molecular flexibility index (Phi) is 2.72. The molecule has 78 valence electrons. The zero-order valence-corrected chi connectivity index (χ0v) is 8.62. The second-order valence-corrected chi connectivity index (χ2v) is 3.39. The summed E-state index contributed by atoms with van der Waals surface area (Å²) >= 11 is 0. The molecule has 3 nitrogen and oxygen atoms in total. The molecule has 0 bridgehead atoms. The van der Waals surface area contributed by atoms with Crippen LogP contribution in [0, 0.1) is 0 Å². The van der Waals surface area contributed by atoms with Gasteiger partial charge < -0.3 is 9.72 Å². The van der Waals surface area contributed by atoms with Gasteiger partial charge in [-0.15, -0.1) is 0 Å². The fourth-order valence-corrected chi connectivity index (χ4v) is 1.60. The van der Waals surface area contributed by atoms with E-state index < -0.39 is 0 Å². The van der Waals surface area contributed by atoms with Crippen molar-refractivity contribution >= 4 is 17.2 Å². The van der Waals surface area contributed by atoms with Crippen LogP contribution in [0.1, 0.15) is 23.7 Å². The molecule has 0 saturated heterocycles. The maximum absolute atomic E-state index is 10.8. The van der Waals surface area contributed by atoms with E-state index >= 15 is 0 Å². The summed E-state index contributed by atoms with van der Waals surface area (Å²) in [5, 5.41) is 0.876. The molecule has 0 atom stereocenters. The van der Waals surface area contributed by atoms with Crippen LogP contribution in [-0.4, -0.2) is 17.9 Å². The summed E-state index contributed by atoms with van der Waals surface area (Å²) in [4.78, 5) is 13.9. The lowest BCUT2D eigenvalue weighted by Crippen LogP contribution is -1.95. The lowest BCUT2D eigenvalue weighted by Gasteiger charge is -2.05. The Morgan fingerprint density at radius 3 is 3.07 bits per heavy atom. The van der Waals surface area contributed by atoms with Gasteiger partial charge in [-0.3, -0.25) is 4.79 Å². The number of carbonyl (C=O) groups excluding carboxylic acids is 1. The summed E-state index contributed by atoms with van der Waals surface area (Å²) in [6.07, 6.45) is 3.51. The first-order valence-electron chi connectivity index (χ1n) is 5.05. The van der Waals surface area contributed by atoms with E-state index in [2.05, 4.69) is 11.9 Å². The Morgan fingerprint density at radius 2 is 2.33 bits per heavy atom. The summed E-state index contributed by atoms with van der Waals surface area (Å²) in [6.45, 7) is 2.72. The van der Waals surface area contributed by atoms with Crippen molar-refractivity contribution in [3.8, 4) is 5.75 Å². The van der Waals surface area contributed by atoms with Gasteiger partial charge in [-0.25, -0.2) is 0 Å². The molecule has 1 heterocycles. The van der Waals surface area contributed by atoms with E-state index in [9.17, 15) is 4.79 Å². The molecule has 0 aliphatic rings. The van der Waals surface area contributed by atoms with E-state index in [4.69, 9.17) is 4.74 Å². The van der Waals surface area contributed by atoms with Crippen molar-refractivity contribution < 1.29 is 9.53 Å². The summed E-state index contributed by atoms with van der Waals surface area (Å²) in [6, 6.07) is 5.73. The molecule has 15 heavy (non-hydrogen) atoms. The van der Waals surface area contributed by atoms with Gasteiger partial charge in [0, 0.05) is 17.3 Å². The number of hydrogen-bond acceptors (Lipinski definition) is 2. The SMILES string of the molecule is CCCOc1cccc2[nH]cc(C=O)c12. The van der Waals surface area contributed by atoms with E-state index in [1.807, 2.05) is 18.2 Å². The van der Waals surface area contributed by atoms with Crippen LogP contribution >= 0.6 is 0 Å². The maximum atomic E-state index is 10.8. The molecule has 0 fully saturated rings. The minimum atomic E-state index is 0.650. The monoisotopic (exact) mass is 203 g/mol. The number of aromatic nitrogens is 1. The number of aldehydes is 1. The Morgan fingerprint density at radius 1 is 1.47 bits per heavy atom. The molecule has 0 aliphatic carbocycles. The molecule has 0 amide bonds. The maximum Gasteiger partial charge on any atom is 0.152 e. The molecule has 0 saturated carbocycles. The van der Waals surface area contributed by atoms with Crippen LogP contribution in [-0.2, 0) is 0 Å². The quantitative estimate of drug-likeness (QED) is 0.776. The topological polar surface area (TPSA) is 42.1 Å². The van der Waals surface area contributed by atoms with Crippen LogP contribution in [0.5, 0.6) is 5.75 Å². The third kappa shape index (κ3) is 1.73. The highest BCUT2D eigenvalue weighted by Crippen LogP contribution is 2.27. The van der Waals surface area contributed by atoms with Crippen LogP contribution in [0.15, 0.2) is 24.4 Å². The number of benzene rings is 1. The molecular weight excluding hydrogens is 190 g/mol. The average Bonchev–Trinajstić information content (AvgIpc) is 2.69. The standard InChI is InChI=1S/C12H13NO2/c1-2-6-15-11-5-3-4-10-12(11)9(8-14)7-13-10/h3-5,7-8,13H,2,6H2,1H3. The number of aromatic amines is 1. The van der Waals surface area contributed by atoms with Crippen LogP contribution < -0.4 is 4.74 Å². The summed E-state index contributed by atoms with van der Waals surface area (Å²) in [5.74, 6) is 0.776. The number of carbonyl (C=O) groups is 1. The van der Waals surface area contributed by atoms with E-state index in [0.29, 0.717) is 12.2 Å². The number of rotatable bonds is 4. The van der Waals surface area contributed by atoms with E-state index in [0.717, 1.165) is 29.4 Å². The molecular formula is C12H13NO2. The normalized spacial score (nSPS) is 10.5. The van der Waals surface area contributed by atoms with Gasteiger partial charge in [0.25, 0.3) is 0 Å². The van der Waals surface area contributed by atoms with Gasteiger partial charge in [-0.2, -0.15) is 0 Å². The minimum Gasteiger partial charge on any atom is -0.493 e. The summed E-state index contributed by atoms with van der Waals surface area (Å²) < 4.78 is 5.59. The molecule has 0 aliphatic heterocycles. The van der Waals surface area contributed by atoms with Crippen molar-refractivity contribution in [1.82, 2.24) is 4.98 Å². The first kappa shape index (κ1) is 9.77. The molecule has 1 N–H and O–H groups in total. The fourth-order valence-electron chi connectivity index (χ4n) is 1.60. The van der Waals surface area contributed by atoms with Gasteiger partial charge in [-0.1, -0.05) is 13.0 Å². The predicted octanol–water partition coefficient (Wildman–Crippen LogP) is 2.77. The van der Waals surface area contributed by atoms with E-state index in [-0.39, 0.29) is 0 Å². The van der Waals surface area contributed by atoms with Crippen molar-refractivity contribution in [2.75, 3.05) is 6.61 Å². The Balaban J connectivity index is 2.51. The van der Waals surface area contributed by atoms with Gasteiger partial charge in [0.2, 0.25) is 0 Å². The lowest BCUT2D eigenvalue weighted by molar-refractivity contribution is 0.112.